The first-order chi connectivity index (χ1) is 9.15. The van der Waals surface area contributed by atoms with E-state index >= 15 is 0 Å². The Labute approximate surface area is 120 Å². The highest BCUT2D eigenvalue weighted by molar-refractivity contribution is 5.05. The van der Waals surface area contributed by atoms with Crippen molar-refractivity contribution in [1.82, 2.24) is 4.90 Å². The number of nitrogens with zero attached hydrogens (tertiary/aromatic N) is 1. The zero-order chi connectivity index (χ0) is 13.9. The first kappa shape index (κ1) is 15.3. The standard InChI is InChI=1S/C17H34N2/c1-4-5-12-19(15-9-10-15)17(13-18)11-7-6-8-16(17)14(2)3/h14-16H,4-13,18H2,1-3H3. The molecule has 2 atom stereocenters. The highest BCUT2D eigenvalue weighted by Gasteiger charge is 2.49. The van der Waals surface area contributed by atoms with Crippen LogP contribution in [0.5, 0.6) is 0 Å². The van der Waals surface area contributed by atoms with Crippen LogP contribution in [0.25, 0.3) is 0 Å². The van der Waals surface area contributed by atoms with Crippen LogP contribution < -0.4 is 5.73 Å². The maximum atomic E-state index is 6.36. The van der Waals surface area contributed by atoms with Crippen molar-refractivity contribution >= 4 is 0 Å². The summed E-state index contributed by atoms with van der Waals surface area (Å²) in [5.41, 5.74) is 6.69. The van der Waals surface area contributed by atoms with E-state index in [0.29, 0.717) is 5.54 Å². The van der Waals surface area contributed by atoms with Crippen molar-refractivity contribution < 1.29 is 0 Å². The summed E-state index contributed by atoms with van der Waals surface area (Å²) >= 11 is 0. The summed E-state index contributed by atoms with van der Waals surface area (Å²) in [6.45, 7) is 9.27. The molecule has 0 saturated heterocycles. The smallest absolute Gasteiger partial charge is 0.0365 e. The molecule has 0 radical (unpaired) electrons. The number of nitrogens with two attached hydrogens (primary N) is 1. The molecule has 2 aliphatic carbocycles. The molecule has 2 N–H and O–H groups in total. The minimum absolute atomic E-state index is 0.322. The van der Waals surface area contributed by atoms with Crippen LogP contribution >= 0.6 is 0 Å². The first-order valence-corrected chi connectivity index (χ1v) is 8.62. The number of hydrogen-bond donors (Lipinski definition) is 1. The Morgan fingerprint density at radius 1 is 1.21 bits per heavy atom. The highest BCUT2D eigenvalue weighted by Crippen LogP contribution is 2.46. The van der Waals surface area contributed by atoms with E-state index in [1.54, 1.807) is 0 Å². The average molecular weight is 266 g/mol. The van der Waals surface area contributed by atoms with Gasteiger partial charge in [-0.2, -0.15) is 0 Å². The summed E-state index contributed by atoms with van der Waals surface area (Å²) in [6, 6.07) is 0.856. The summed E-state index contributed by atoms with van der Waals surface area (Å²) in [5, 5.41) is 0. The topological polar surface area (TPSA) is 29.3 Å². The van der Waals surface area contributed by atoms with Crippen LogP contribution in [0.2, 0.25) is 0 Å². The van der Waals surface area contributed by atoms with Gasteiger partial charge in [-0.1, -0.05) is 40.0 Å². The molecule has 2 rings (SSSR count). The van der Waals surface area contributed by atoms with Crippen LogP contribution in [0.3, 0.4) is 0 Å². The molecule has 0 aromatic heterocycles. The third-order valence-electron chi connectivity index (χ3n) is 5.54. The van der Waals surface area contributed by atoms with Crippen molar-refractivity contribution in [3.63, 3.8) is 0 Å². The van der Waals surface area contributed by atoms with Crippen LogP contribution in [0, 0.1) is 11.8 Å². The van der Waals surface area contributed by atoms with Crippen LogP contribution in [-0.2, 0) is 0 Å². The van der Waals surface area contributed by atoms with Gasteiger partial charge < -0.3 is 5.73 Å². The van der Waals surface area contributed by atoms with E-state index in [-0.39, 0.29) is 0 Å². The zero-order valence-electron chi connectivity index (χ0n) is 13.3. The molecular weight excluding hydrogens is 232 g/mol. The lowest BCUT2D eigenvalue weighted by Crippen LogP contribution is -2.62. The predicted molar refractivity (Wildman–Crippen MR) is 83.2 cm³/mol. The van der Waals surface area contributed by atoms with Gasteiger partial charge in [0.15, 0.2) is 0 Å². The van der Waals surface area contributed by atoms with E-state index in [1.165, 1.54) is 57.9 Å². The molecule has 0 amide bonds. The maximum absolute atomic E-state index is 6.36. The highest BCUT2D eigenvalue weighted by atomic mass is 15.3. The van der Waals surface area contributed by atoms with Crippen molar-refractivity contribution in [1.29, 1.82) is 0 Å². The van der Waals surface area contributed by atoms with Crippen molar-refractivity contribution in [2.24, 2.45) is 17.6 Å². The molecule has 0 heterocycles. The van der Waals surface area contributed by atoms with E-state index in [0.717, 1.165) is 24.4 Å². The van der Waals surface area contributed by atoms with Crippen LogP contribution in [0.4, 0.5) is 0 Å². The summed E-state index contributed by atoms with van der Waals surface area (Å²) in [6.07, 6.45) is 11.0. The van der Waals surface area contributed by atoms with Gasteiger partial charge in [-0.25, -0.2) is 0 Å². The first-order valence-electron chi connectivity index (χ1n) is 8.62. The van der Waals surface area contributed by atoms with Crippen molar-refractivity contribution in [2.75, 3.05) is 13.1 Å². The van der Waals surface area contributed by atoms with Crippen molar-refractivity contribution in [2.45, 2.75) is 83.7 Å². The molecule has 2 nitrogen and oxygen atoms in total. The van der Waals surface area contributed by atoms with Gasteiger partial charge in [-0.15, -0.1) is 0 Å². The van der Waals surface area contributed by atoms with Gasteiger partial charge in [0, 0.05) is 18.1 Å². The molecule has 0 aromatic carbocycles. The molecule has 2 saturated carbocycles. The minimum atomic E-state index is 0.322. The number of hydrogen-bond acceptors (Lipinski definition) is 2. The van der Waals surface area contributed by atoms with Gasteiger partial charge in [-0.05, 0) is 50.5 Å². The zero-order valence-corrected chi connectivity index (χ0v) is 13.3. The second kappa shape index (κ2) is 6.58. The average Bonchev–Trinajstić information content (AvgIpc) is 3.23. The van der Waals surface area contributed by atoms with E-state index < -0.39 is 0 Å². The van der Waals surface area contributed by atoms with Crippen LogP contribution in [0.1, 0.15) is 72.1 Å². The van der Waals surface area contributed by atoms with Crippen molar-refractivity contribution in [3.05, 3.63) is 0 Å². The minimum Gasteiger partial charge on any atom is -0.329 e. The lowest BCUT2D eigenvalue weighted by molar-refractivity contribution is -0.0206. The fourth-order valence-electron chi connectivity index (χ4n) is 4.41. The monoisotopic (exact) mass is 266 g/mol. The van der Waals surface area contributed by atoms with Gasteiger partial charge in [0.25, 0.3) is 0 Å². The third kappa shape index (κ3) is 3.16. The van der Waals surface area contributed by atoms with Gasteiger partial charge in [0.2, 0.25) is 0 Å². The summed E-state index contributed by atoms with van der Waals surface area (Å²) in [5.74, 6) is 1.58. The Morgan fingerprint density at radius 2 is 1.95 bits per heavy atom. The maximum Gasteiger partial charge on any atom is 0.0365 e. The van der Waals surface area contributed by atoms with E-state index in [1.807, 2.05) is 0 Å². The van der Waals surface area contributed by atoms with Crippen molar-refractivity contribution in [3.8, 4) is 0 Å². The predicted octanol–water partition coefficient (Wildman–Crippen LogP) is 3.79. The lowest BCUT2D eigenvalue weighted by Gasteiger charge is -2.53. The van der Waals surface area contributed by atoms with Gasteiger partial charge in [0.1, 0.15) is 0 Å². The summed E-state index contributed by atoms with van der Waals surface area (Å²) in [4.78, 5) is 2.86. The van der Waals surface area contributed by atoms with E-state index in [2.05, 4.69) is 25.7 Å². The van der Waals surface area contributed by atoms with Crippen LogP contribution in [0.15, 0.2) is 0 Å². The van der Waals surface area contributed by atoms with Gasteiger partial charge in [0.05, 0.1) is 0 Å². The Balaban J connectivity index is 2.20. The largest absolute Gasteiger partial charge is 0.329 e. The molecule has 2 unspecified atom stereocenters. The quantitative estimate of drug-likeness (QED) is 0.759. The second-order valence-corrected chi connectivity index (χ2v) is 7.18. The molecule has 2 aliphatic rings. The number of rotatable bonds is 7. The Kier molecular flexibility index (Phi) is 5.30. The normalized spacial score (nSPS) is 32.2. The molecular formula is C17H34N2. The fraction of sp³-hybridized carbons (Fsp3) is 1.00. The molecule has 0 spiro atoms. The molecule has 0 aromatic rings. The van der Waals surface area contributed by atoms with Gasteiger partial charge >= 0.3 is 0 Å². The summed E-state index contributed by atoms with van der Waals surface area (Å²) < 4.78 is 0. The third-order valence-corrected chi connectivity index (χ3v) is 5.54. The fourth-order valence-corrected chi connectivity index (χ4v) is 4.41. The molecule has 2 fully saturated rings. The molecule has 0 bridgehead atoms. The Bertz CT molecular complexity index is 272. The van der Waals surface area contributed by atoms with Crippen LogP contribution in [-0.4, -0.2) is 29.6 Å². The SMILES string of the molecule is CCCCN(C1CC1)C1(CN)CCCCC1C(C)C. The molecule has 112 valence electrons. The van der Waals surface area contributed by atoms with E-state index in [4.69, 9.17) is 5.73 Å². The molecule has 0 aliphatic heterocycles. The molecule has 2 heteroatoms. The number of unbranched alkanes of at least 4 members (excludes halogenated alkanes) is 1. The van der Waals surface area contributed by atoms with E-state index in [9.17, 15) is 0 Å². The Morgan fingerprint density at radius 3 is 2.47 bits per heavy atom. The Hall–Kier alpha value is -0.0800. The second-order valence-electron chi connectivity index (χ2n) is 7.18. The molecule has 19 heavy (non-hydrogen) atoms. The lowest BCUT2D eigenvalue weighted by atomic mass is 9.66. The summed E-state index contributed by atoms with van der Waals surface area (Å²) in [7, 11) is 0. The van der Waals surface area contributed by atoms with Gasteiger partial charge in [-0.3, -0.25) is 4.90 Å².